The third-order valence-electron chi connectivity index (χ3n) is 5.53. The van der Waals surface area contributed by atoms with Gasteiger partial charge < -0.3 is 10.8 Å². The summed E-state index contributed by atoms with van der Waals surface area (Å²) in [6.07, 6.45) is 1.00. The summed E-state index contributed by atoms with van der Waals surface area (Å²) in [5.74, 6) is -1.55. The summed E-state index contributed by atoms with van der Waals surface area (Å²) in [6, 6.07) is 18.1. The molecule has 0 fully saturated rings. The maximum absolute atomic E-state index is 13.0. The Labute approximate surface area is 213 Å². The molecular formula is C28H34N2O5S. The average Bonchev–Trinajstić information content (AvgIpc) is 2.77. The van der Waals surface area contributed by atoms with E-state index in [2.05, 4.69) is 29.5 Å². The Morgan fingerprint density at radius 2 is 1.47 bits per heavy atom. The van der Waals surface area contributed by atoms with Crippen molar-refractivity contribution in [3.63, 3.8) is 0 Å². The lowest BCUT2D eigenvalue weighted by Gasteiger charge is -2.18. The van der Waals surface area contributed by atoms with Crippen molar-refractivity contribution in [1.29, 1.82) is 0 Å². The highest BCUT2D eigenvalue weighted by atomic mass is 32.2. The van der Waals surface area contributed by atoms with Crippen LogP contribution in [0.4, 0.5) is 0 Å². The van der Waals surface area contributed by atoms with Crippen molar-refractivity contribution in [2.45, 2.75) is 58.4 Å². The number of nitrogens with two attached hydrogens (primary N) is 1. The Bertz CT molecular complexity index is 1310. The molecule has 0 saturated carbocycles. The van der Waals surface area contributed by atoms with Crippen LogP contribution in [0.25, 0.3) is 11.1 Å². The first kappa shape index (κ1) is 28.7. The summed E-state index contributed by atoms with van der Waals surface area (Å²) in [4.78, 5) is 21.2. The van der Waals surface area contributed by atoms with Gasteiger partial charge >= 0.3 is 5.97 Å². The van der Waals surface area contributed by atoms with E-state index in [1.165, 1.54) is 12.5 Å². The normalized spacial score (nSPS) is 11.8. The lowest BCUT2D eigenvalue weighted by atomic mass is 9.99. The molecule has 0 spiro atoms. The lowest BCUT2D eigenvalue weighted by molar-refractivity contribution is -0.138. The van der Waals surface area contributed by atoms with Crippen LogP contribution in [-0.2, 0) is 32.5 Å². The Kier molecular flexibility index (Phi) is 9.95. The molecule has 0 aromatic heterocycles. The van der Waals surface area contributed by atoms with E-state index in [1.54, 1.807) is 26.0 Å². The van der Waals surface area contributed by atoms with Gasteiger partial charge in [0.25, 0.3) is 0 Å². The van der Waals surface area contributed by atoms with E-state index < -0.39 is 22.0 Å². The summed E-state index contributed by atoms with van der Waals surface area (Å²) >= 11 is 0. The molecule has 1 amide bonds. The van der Waals surface area contributed by atoms with Crippen molar-refractivity contribution in [2.24, 2.45) is 5.73 Å². The molecule has 8 heteroatoms. The fourth-order valence-corrected chi connectivity index (χ4v) is 5.70. The first-order valence-corrected chi connectivity index (χ1v) is 13.1. The van der Waals surface area contributed by atoms with Gasteiger partial charge in [-0.2, -0.15) is 4.72 Å². The molecule has 0 aliphatic rings. The molecule has 3 aromatic rings. The number of primary amides is 1. The minimum Gasteiger partial charge on any atom is -0.480 e. The molecule has 0 heterocycles. The van der Waals surface area contributed by atoms with Crippen molar-refractivity contribution >= 4 is 21.9 Å². The zero-order valence-corrected chi connectivity index (χ0v) is 22.1. The second-order valence-electron chi connectivity index (χ2n) is 8.81. The first-order valence-electron chi connectivity index (χ1n) is 11.6. The zero-order chi connectivity index (χ0) is 27.0. The quantitative estimate of drug-likeness (QED) is 0.416. The Balaban J connectivity index is 0.00000106. The van der Waals surface area contributed by atoms with Gasteiger partial charge in [-0.15, -0.1) is 0 Å². The topological polar surface area (TPSA) is 127 Å². The number of amides is 1. The van der Waals surface area contributed by atoms with Crippen LogP contribution < -0.4 is 10.5 Å². The zero-order valence-electron chi connectivity index (χ0n) is 21.3. The standard InChI is InChI=1S/C26H29NO4S.C2H5NO/c1-5-20-7-6-8-23(15-20)22-11-9-21(10-12-22)16-24(26(28)29)27-32(30,31)25-18(3)13-17(2)14-19(25)4;1-2(3)4/h6-15,24,27H,5,16H2,1-4H3,(H,28,29);1H3,(H2,3,4). The smallest absolute Gasteiger partial charge is 0.322 e. The molecule has 3 aromatic carbocycles. The number of hydrogen-bond donors (Lipinski definition) is 3. The molecule has 36 heavy (non-hydrogen) atoms. The summed E-state index contributed by atoms with van der Waals surface area (Å²) in [5.41, 5.74) is 10.7. The lowest BCUT2D eigenvalue weighted by Crippen LogP contribution is -2.42. The highest BCUT2D eigenvalue weighted by molar-refractivity contribution is 7.89. The van der Waals surface area contributed by atoms with E-state index in [0.717, 1.165) is 28.7 Å². The summed E-state index contributed by atoms with van der Waals surface area (Å²) < 4.78 is 28.4. The first-order chi connectivity index (χ1) is 16.8. The molecule has 1 unspecified atom stereocenters. The van der Waals surface area contributed by atoms with Crippen LogP contribution in [0.3, 0.4) is 0 Å². The summed E-state index contributed by atoms with van der Waals surface area (Å²) in [7, 11) is -3.99. The number of aliphatic carboxylic acids is 1. The van der Waals surface area contributed by atoms with E-state index in [1.807, 2.05) is 43.3 Å². The van der Waals surface area contributed by atoms with Gasteiger partial charge in [-0.25, -0.2) is 8.42 Å². The van der Waals surface area contributed by atoms with Crippen LogP contribution in [0.2, 0.25) is 0 Å². The highest BCUT2D eigenvalue weighted by Gasteiger charge is 2.28. The molecule has 0 radical (unpaired) electrons. The van der Waals surface area contributed by atoms with Gasteiger partial charge in [0, 0.05) is 6.92 Å². The van der Waals surface area contributed by atoms with Crippen LogP contribution in [0, 0.1) is 20.8 Å². The fourth-order valence-electron chi connectivity index (χ4n) is 4.06. The summed E-state index contributed by atoms with van der Waals surface area (Å²) in [6.45, 7) is 8.74. The van der Waals surface area contributed by atoms with Gasteiger partial charge in [0.2, 0.25) is 15.9 Å². The number of aryl methyl sites for hydroxylation is 4. The largest absolute Gasteiger partial charge is 0.480 e. The second-order valence-corrected chi connectivity index (χ2v) is 10.5. The number of benzene rings is 3. The minimum absolute atomic E-state index is 0.0494. The van der Waals surface area contributed by atoms with Crippen molar-refractivity contribution < 1.29 is 23.1 Å². The predicted octanol–water partition coefficient (Wildman–Crippen LogP) is 4.31. The Morgan fingerprint density at radius 1 is 0.917 bits per heavy atom. The van der Waals surface area contributed by atoms with Crippen LogP contribution in [0.5, 0.6) is 0 Å². The number of nitrogens with one attached hydrogen (secondary N) is 1. The monoisotopic (exact) mass is 510 g/mol. The fraction of sp³-hybridized carbons (Fsp3) is 0.286. The molecule has 1 atom stereocenters. The molecule has 0 aliphatic heterocycles. The Morgan fingerprint density at radius 3 is 1.97 bits per heavy atom. The van der Waals surface area contributed by atoms with Crippen molar-refractivity contribution in [2.75, 3.05) is 0 Å². The number of carboxylic acids is 1. The van der Waals surface area contributed by atoms with Gasteiger partial charge in [0.05, 0.1) is 4.90 Å². The number of sulfonamides is 1. The highest BCUT2D eigenvalue weighted by Crippen LogP contribution is 2.24. The minimum atomic E-state index is -3.99. The van der Waals surface area contributed by atoms with Gasteiger partial charge in [-0.1, -0.05) is 73.2 Å². The number of hydrogen-bond acceptors (Lipinski definition) is 4. The molecule has 192 valence electrons. The van der Waals surface area contributed by atoms with Crippen molar-refractivity contribution in [3.8, 4) is 11.1 Å². The van der Waals surface area contributed by atoms with E-state index in [4.69, 9.17) is 0 Å². The average molecular weight is 511 g/mol. The molecule has 7 nitrogen and oxygen atoms in total. The third kappa shape index (κ3) is 8.03. The number of carbonyl (C=O) groups excluding carboxylic acids is 1. The van der Waals surface area contributed by atoms with Gasteiger partial charge in [0.1, 0.15) is 6.04 Å². The van der Waals surface area contributed by atoms with Crippen LogP contribution >= 0.6 is 0 Å². The van der Waals surface area contributed by atoms with Crippen molar-refractivity contribution in [3.05, 3.63) is 88.5 Å². The SMILES string of the molecule is CC(N)=O.CCc1cccc(-c2ccc(CC(NS(=O)(=O)c3c(C)cc(C)cc3C)C(=O)O)cc2)c1. The number of carboxylic acid groups (broad SMARTS) is 1. The second kappa shape index (κ2) is 12.5. The van der Waals surface area contributed by atoms with E-state index >= 15 is 0 Å². The third-order valence-corrected chi connectivity index (χ3v) is 7.31. The van der Waals surface area contributed by atoms with E-state index in [0.29, 0.717) is 11.1 Å². The maximum Gasteiger partial charge on any atom is 0.322 e. The number of carbonyl (C=O) groups is 2. The van der Waals surface area contributed by atoms with Crippen molar-refractivity contribution in [1.82, 2.24) is 4.72 Å². The van der Waals surface area contributed by atoms with E-state index in [9.17, 15) is 23.1 Å². The molecule has 0 aliphatic carbocycles. The Hall–Kier alpha value is -3.49. The van der Waals surface area contributed by atoms with Gasteiger partial charge in [0.15, 0.2) is 0 Å². The summed E-state index contributed by atoms with van der Waals surface area (Å²) in [5, 5.41) is 9.69. The van der Waals surface area contributed by atoms with E-state index in [-0.39, 0.29) is 17.2 Å². The molecule has 4 N–H and O–H groups in total. The molecular weight excluding hydrogens is 476 g/mol. The van der Waals surface area contributed by atoms with Gasteiger partial charge in [-0.05, 0) is 67.0 Å². The maximum atomic E-state index is 13.0. The predicted molar refractivity (Wildman–Crippen MR) is 142 cm³/mol. The van der Waals surface area contributed by atoms with Crippen LogP contribution in [0.1, 0.15) is 41.7 Å². The molecule has 0 saturated heterocycles. The molecule has 3 rings (SSSR count). The van der Waals surface area contributed by atoms with Crippen LogP contribution in [0.15, 0.2) is 65.6 Å². The number of rotatable bonds is 8. The molecule has 0 bridgehead atoms. The van der Waals surface area contributed by atoms with Crippen LogP contribution in [-0.4, -0.2) is 31.4 Å². The van der Waals surface area contributed by atoms with Gasteiger partial charge in [-0.3, -0.25) is 9.59 Å².